The second-order valence-corrected chi connectivity index (χ2v) is 6.01. The van der Waals surface area contributed by atoms with E-state index in [1.165, 1.54) is 24.1 Å². The molecule has 138 valence electrons. The van der Waals surface area contributed by atoms with Gasteiger partial charge in [0.2, 0.25) is 0 Å². The molecule has 0 saturated heterocycles. The SMILES string of the molecule is CCOc1cc(C(=O)N(CC)c2ccc(Br)cn2)c([N+](=O)[O-])cc1OC. The Morgan fingerprint density at radius 1 is 1.31 bits per heavy atom. The van der Waals surface area contributed by atoms with Crippen LogP contribution >= 0.6 is 15.9 Å². The van der Waals surface area contributed by atoms with E-state index >= 15 is 0 Å². The van der Waals surface area contributed by atoms with Crippen LogP contribution in [0.4, 0.5) is 11.5 Å². The number of carbonyl (C=O) groups is 1. The van der Waals surface area contributed by atoms with Crippen LogP contribution in [0.1, 0.15) is 24.2 Å². The summed E-state index contributed by atoms with van der Waals surface area (Å²) in [5.41, 5.74) is -0.448. The highest BCUT2D eigenvalue weighted by atomic mass is 79.9. The average molecular weight is 424 g/mol. The first-order valence-corrected chi connectivity index (χ1v) is 8.64. The Morgan fingerprint density at radius 3 is 2.54 bits per heavy atom. The molecule has 1 aromatic heterocycles. The number of ether oxygens (including phenoxy) is 2. The van der Waals surface area contributed by atoms with Crippen molar-refractivity contribution in [3.8, 4) is 11.5 Å². The Balaban J connectivity index is 2.55. The standard InChI is InChI=1S/C17H18BrN3O5/c1-4-20(16-7-6-11(18)10-19-16)17(22)12-8-15(26-5-2)14(25-3)9-13(12)21(23)24/h6-10H,4-5H2,1-3H3. The number of hydrogen-bond donors (Lipinski definition) is 0. The largest absolute Gasteiger partial charge is 0.493 e. The number of nitro groups is 1. The molecule has 0 spiro atoms. The van der Waals surface area contributed by atoms with Crippen molar-refractivity contribution in [2.45, 2.75) is 13.8 Å². The van der Waals surface area contributed by atoms with Gasteiger partial charge in [-0.1, -0.05) is 0 Å². The molecule has 2 rings (SSSR count). The number of carbonyl (C=O) groups excluding carboxylic acids is 1. The van der Waals surface area contributed by atoms with Crippen molar-refractivity contribution in [3.63, 3.8) is 0 Å². The molecule has 0 N–H and O–H groups in total. The van der Waals surface area contributed by atoms with Crippen LogP contribution in [-0.2, 0) is 0 Å². The van der Waals surface area contributed by atoms with E-state index in [-0.39, 0.29) is 22.7 Å². The Morgan fingerprint density at radius 2 is 2.04 bits per heavy atom. The quantitative estimate of drug-likeness (QED) is 0.495. The number of hydrogen-bond acceptors (Lipinski definition) is 6. The lowest BCUT2D eigenvalue weighted by atomic mass is 10.1. The molecule has 2 aromatic rings. The summed E-state index contributed by atoms with van der Waals surface area (Å²) in [4.78, 5) is 29.4. The lowest BCUT2D eigenvalue weighted by Crippen LogP contribution is -2.32. The molecule has 0 aliphatic heterocycles. The van der Waals surface area contributed by atoms with Gasteiger partial charge in [-0.3, -0.25) is 19.8 Å². The van der Waals surface area contributed by atoms with Gasteiger partial charge in [-0.25, -0.2) is 4.98 Å². The Bertz CT molecular complexity index is 811. The van der Waals surface area contributed by atoms with E-state index in [0.29, 0.717) is 19.0 Å². The van der Waals surface area contributed by atoms with Crippen molar-refractivity contribution in [2.75, 3.05) is 25.2 Å². The predicted molar refractivity (Wildman–Crippen MR) is 100 cm³/mol. The average Bonchev–Trinajstić information content (AvgIpc) is 2.63. The van der Waals surface area contributed by atoms with Gasteiger partial charge in [-0.2, -0.15) is 0 Å². The van der Waals surface area contributed by atoms with Crippen molar-refractivity contribution in [1.82, 2.24) is 4.98 Å². The molecule has 1 amide bonds. The van der Waals surface area contributed by atoms with Crippen molar-refractivity contribution in [1.29, 1.82) is 0 Å². The van der Waals surface area contributed by atoms with Crippen LogP contribution in [-0.4, -0.2) is 36.1 Å². The molecule has 0 atom stereocenters. The molecule has 1 aromatic carbocycles. The van der Waals surface area contributed by atoms with Gasteiger partial charge >= 0.3 is 0 Å². The van der Waals surface area contributed by atoms with Crippen LogP contribution in [0.3, 0.4) is 0 Å². The monoisotopic (exact) mass is 423 g/mol. The summed E-state index contributed by atoms with van der Waals surface area (Å²) in [6.45, 7) is 4.15. The Hall–Kier alpha value is -2.68. The molecule has 0 unspecified atom stereocenters. The van der Waals surface area contributed by atoms with Crippen LogP contribution in [0.5, 0.6) is 11.5 Å². The number of benzene rings is 1. The van der Waals surface area contributed by atoms with Crippen molar-refractivity contribution < 1.29 is 19.2 Å². The van der Waals surface area contributed by atoms with E-state index in [2.05, 4.69) is 20.9 Å². The predicted octanol–water partition coefficient (Wildman–Crippen LogP) is 3.83. The maximum atomic E-state index is 13.0. The molecule has 1 heterocycles. The lowest BCUT2D eigenvalue weighted by Gasteiger charge is -2.20. The van der Waals surface area contributed by atoms with E-state index in [4.69, 9.17) is 9.47 Å². The normalized spacial score (nSPS) is 10.3. The first-order chi connectivity index (χ1) is 12.4. The van der Waals surface area contributed by atoms with Crippen LogP contribution in [0, 0.1) is 10.1 Å². The summed E-state index contributed by atoms with van der Waals surface area (Å²) in [7, 11) is 1.38. The number of methoxy groups -OCH3 is 1. The van der Waals surface area contributed by atoms with E-state index in [1.54, 1.807) is 32.2 Å². The third kappa shape index (κ3) is 4.10. The number of aromatic nitrogens is 1. The Kier molecular flexibility index (Phi) is 6.51. The van der Waals surface area contributed by atoms with Crippen LogP contribution in [0.2, 0.25) is 0 Å². The van der Waals surface area contributed by atoms with E-state index in [0.717, 1.165) is 4.47 Å². The third-order valence-electron chi connectivity index (χ3n) is 3.56. The number of rotatable bonds is 7. The molecule has 9 heteroatoms. The molecular formula is C17H18BrN3O5. The number of nitro benzene ring substituents is 1. The van der Waals surface area contributed by atoms with Crippen LogP contribution < -0.4 is 14.4 Å². The van der Waals surface area contributed by atoms with Gasteiger partial charge in [0.1, 0.15) is 11.4 Å². The highest BCUT2D eigenvalue weighted by Crippen LogP contribution is 2.35. The van der Waals surface area contributed by atoms with Gasteiger partial charge in [0, 0.05) is 23.3 Å². The molecule has 0 radical (unpaired) electrons. The van der Waals surface area contributed by atoms with E-state index in [1.807, 2.05) is 0 Å². The smallest absolute Gasteiger partial charge is 0.286 e. The zero-order valence-electron chi connectivity index (χ0n) is 14.6. The van der Waals surface area contributed by atoms with Gasteiger partial charge in [0.25, 0.3) is 11.6 Å². The van der Waals surface area contributed by atoms with Gasteiger partial charge < -0.3 is 9.47 Å². The topological polar surface area (TPSA) is 94.8 Å². The van der Waals surface area contributed by atoms with Crippen molar-refractivity contribution in [2.24, 2.45) is 0 Å². The number of anilines is 1. The number of pyridine rings is 1. The molecule has 0 saturated carbocycles. The maximum Gasteiger partial charge on any atom is 0.286 e. The second-order valence-electron chi connectivity index (χ2n) is 5.09. The highest BCUT2D eigenvalue weighted by molar-refractivity contribution is 9.10. The van der Waals surface area contributed by atoms with Gasteiger partial charge in [-0.15, -0.1) is 0 Å². The molecule has 0 fully saturated rings. The van der Waals surface area contributed by atoms with Crippen LogP contribution in [0.25, 0.3) is 0 Å². The number of halogens is 1. The first kappa shape index (κ1) is 19.6. The fourth-order valence-corrected chi connectivity index (χ4v) is 2.62. The summed E-state index contributed by atoms with van der Waals surface area (Å²) < 4.78 is 11.3. The van der Waals surface area contributed by atoms with Crippen LogP contribution in [0.15, 0.2) is 34.9 Å². The fraction of sp³-hybridized carbons (Fsp3) is 0.294. The molecule has 0 aliphatic rings. The zero-order chi connectivity index (χ0) is 19.3. The fourth-order valence-electron chi connectivity index (χ4n) is 2.38. The Labute approximate surface area is 159 Å². The number of amides is 1. The molecule has 0 aliphatic carbocycles. The highest BCUT2D eigenvalue weighted by Gasteiger charge is 2.28. The third-order valence-corrected chi connectivity index (χ3v) is 4.03. The minimum absolute atomic E-state index is 0.0918. The molecule has 0 bridgehead atoms. The molecule has 8 nitrogen and oxygen atoms in total. The minimum Gasteiger partial charge on any atom is -0.493 e. The minimum atomic E-state index is -0.617. The maximum absolute atomic E-state index is 13.0. The summed E-state index contributed by atoms with van der Waals surface area (Å²) >= 11 is 3.29. The van der Waals surface area contributed by atoms with E-state index < -0.39 is 10.8 Å². The molecular weight excluding hydrogens is 406 g/mol. The van der Waals surface area contributed by atoms with Gasteiger partial charge in [0.15, 0.2) is 11.5 Å². The van der Waals surface area contributed by atoms with E-state index in [9.17, 15) is 14.9 Å². The first-order valence-electron chi connectivity index (χ1n) is 7.85. The second kappa shape index (κ2) is 8.61. The summed E-state index contributed by atoms with van der Waals surface area (Å²) in [5.74, 6) is 0.310. The summed E-state index contributed by atoms with van der Waals surface area (Å²) in [5, 5.41) is 11.5. The summed E-state index contributed by atoms with van der Waals surface area (Å²) in [6, 6.07) is 5.93. The van der Waals surface area contributed by atoms with Gasteiger partial charge in [-0.05, 0) is 41.9 Å². The van der Waals surface area contributed by atoms with Gasteiger partial charge in [0.05, 0.1) is 24.7 Å². The zero-order valence-corrected chi connectivity index (χ0v) is 16.1. The number of nitrogens with zero attached hydrogens (tertiary/aromatic N) is 3. The van der Waals surface area contributed by atoms with Crippen molar-refractivity contribution >= 4 is 33.3 Å². The molecule has 26 heavy (non-hydrogen) atoms. The van der Waals surface area contributed by atoms with Crippen molar-refractivity contribution in [3.05, 3.63) is 50.6 Å². The lowest BCUT2D eigenvalue weighted by molar-refractivity contribution is -0.385. The summed E-state index contributed by atoms with van der Waals surface area (Å²) in [6.07, 6.45) is 1.55.